The molecular formula is C31H27Cl2N7O4. The number of anilines is 5. The van der Waals surface area contributed by atoms with Gasteiger partial charge in [-0.1, -0.05) is 71.7 Å². The van der Waals surface area contributed by atoms with Crippen molar-refractivity contribution in [1.82, 2.24) is 15.0 Å². The zero-order valence-corrected chi connectivity index (χ0v) is 24.9. The topological polar surface area (TPSA) is 142 Å². The van der Waals surface area contributed by atoms with E-state index in [0.29, 0.717) is 27.2 Å². The number of ether oxygens (including phenoxy) is 1. The number of amides is 2. The first kappa shape index (κ1) is 30.3. The van der Waals surface area contributed by atoms with Crippen molar-refractivity contribution >= 4 is 75.2 Å². The molecule has 224 valence electrons. The van der Waals surface area contributed by atoms with E-state index in [1.54, 1.807) is 47.4 Å². The Bertz CT molecular complexity index is 1820. The maximum absolute atomic E-state index is 13.0. The van der Waals surface area contributed by atoms with Crippen molar-refractivity contribution in [1.29, 1.82) is 0 Å². The van der Waals surface area contributed by atoms with Crippen molar-refractivity contribution in [2.45, 2.75) is 13.0 Å². The van der Waals surface area contributed by atoms with E-state index in [4.69, 9.17) is 27.9 Å². The van der Waals surface area contributed by atoms with Gasteiger partial charge >= 0.3 is 12.0 Å². The Morgan fingerprint density at radius 2 is 1.59 bits per heavy atom. The Morgan fingerprint density at radius 1 is 0.841 bits per heavy atom. The summed E-state index contributed by atoms with van der Waals surface area (Å²) in [7, 11) is 1.50. The Morgan fingerprint density at radius 3 is 2.36 bits per heavy atom. The van der Waals surface area contributed by atoms with Gasteiger partial charge in [-0.2, -0.15) is 15.0 Å². The molecule has 0 spiro atoms. The van der Waals surface area contributed by atoms with Crippen molar-refractivity contribution in [3.8, 4) is 5.75 Å². The van der Waals surface area contributed by atoms with Crippen LogP contribution >= 0.6 is 23.2 Å². The number of hydrogen-bond acceptors (Lipinski definition) is 8. The summed E-state index contributed by atoms with van der Waals surface area (Å²) in [6.07, 6.45) is -0.197. The number of halogens is 2. The second-order valence-electron chi connectivity index (χ2n) is 9.56. The van der Waals surface area contributed by atoms with Crippen LogP contribution in [0.15, 0.2) is 84.9 Å². The van der Waals surface area contributed by atoms with Gasteiger partial charge < -0.3 is 25.4 Å². The number of hydrogen-bond donors (Lipinski definition) is 4. The molecule has 1 heterocycles. The van der Waals surface area contributed by atoms with Crippen molar-refractivity contribution < 1.29 is 19.4 Å². The van der Waals surface area contributed by atoms with Crippen LogP contribution < -0.4 is 25.6 Å². The number of carbonyl (C=O) groups excluding carboxylic acids is 1. The van der Waals surface area contributed by atoms with Crippen LogP contribution in [0.4, 0.5) is 34.0 Å². The lowest BCUT2D eigenvalue weighted by Crippen LogP contribution is -2.29. The number of aromatic nitrogens is 3. The molecule has 0 aliphatic rings. The van der Waals surface area contributed by atoms with Crippen LogP contribution in [-0.4, -0.2) is 45.7 Å². The maximum atomic E-state index is 13.0. The standard InChI is InChI=1S/C31H27Cl2N7O4/c1-44-26-9-5-4-8-25(26)35-31(43)39-29-36-28(34-22-12-11-20-6-2-3-7-21(20)17-22)37-30(38-29)40(15-14-27(41)42)18-19-10-13-23(32)24(33)16-19/h2-13,16-17H,14-15,18H2,1H3,(H,41,42)(H3,34,35,36,37,38,39,43). The molecule has 4 aromatic carbocycles. The summed E-state index contributed by atoms with van der Waals surface area (Å²) in [5.41, 5.74) is 1.89. The molecule has 0 saturated carbocycles. The summed E-state index contributed by atoms with van der Waals surface area (Å²) in [5.74, 6) is -0.336. The molecule has 0 aliphatic carbocycles. The van der Waals surface area contributed by atoms with Gasteiger partial charge in [0, 0.05) is 18.8 Å². The van der Waals surface area contributed by atoms with E-state index < -0.39 is 12.0 Å². The Balaban J connectivity index is 1.49. The highest BCUT2D eigenvalue weighted by atomic mass is 35.5. The summed E-state index contributed by atoms with van der Waals surface area (Å²) in [4.78, 5) is 39.7. The van der Waals surface area contributed by atoms with Crippen LogP contribution in [0.2, 0.25) is 10.0 Å². The number of para-hydroxylation sites is 2. The second kappa shape index (κ2) is 13.9. The average Bonchev–Trinajstić information content (AvgIpc) is 3.01. The third kappa shape index (κ3) is 7.82. The molecule has 0 unspecified atom stereocenters. The molecule has 2 amide bonds. The van der Waals surface area contributed by atoms with Gasteiger partial charge in [0.05, 0.1) is 29.3 Å². The first-order chi connectivity index (χ1) is 21.3. The largest absolute Gasteiger partial charge is 0.495 e. The predicted octanol–water partition coefficient (Wildman–Crippen LogP) is 7.21. The third-order valence-electron chi connectivity index (χ3n) is 6.45. The number of benzene rings is 4. The van der Waals surface area contributed by atoms with Crippen LogP contribution in [0.5, 0.6) is 5.75 Å². The zero-order chi connectivity index (χ0) is 31.1. The Labute approximate surface area is 262 Å². The molecule has 4 N–H and O–H groups in total. The van der Waals surface area contributed by atoms with E-state index in [1.165, 1.54) is 7.11 Å². The Hall–Kier alpha value is -5.13. The van der Waals surface area contributed by atoms with Crippen LogP contribution in [0.3, 0.4) is 0 Å². The van der Waals surface area contributed by atoms with Gasteiger partial charge in [-0.25, -0.2) is 4.79 Å². The number of nitrogens with one attached hydrogen (secondary N) is 3. The molecule has 5 aromatic rings. The van der Waals surface area contributed by atoms with Crippen molar-refractivity contribution in [3.05, 3.63) is 101 Å². The highest BCUT2D eigenvalue weighted by Crippen LogP contribution is 2.27. The minimum Gasteiger partial charge on any atom is -0.495 e. The fourth-order valence-electron chi connectivity index (χ4n) is 4.36. The van der Waals surface area contributed by atoms with Crippen LogP contribution in [-0.2, 0) is 11.3 Å². The summed E-state index contributed by atoms with van der Waals surface area (Å²) in [5, 5.41) is 20.8. The average molecular weight is 633 g/mol. The number of carboxylic acid groups (broad SMARTS) is 1. The number of carbonyl (C=O) groups is 2. The molecule has 0 atom stereocenters. The quantitative estimate of drug-likeness (QED) is 0.119. The normalized spacial score (nSPS) is 10.7. The van der Waals surface area contributed by atoms with E-state index in [2.05, 4.69) is 30.9 Å². The summed E-state index contributed by atoms with van der Waals surface area (Å²) in [6.45, 7) is 0.262. The second-order valence-corrected chi connectivity index (χ2v) is 10.4. The van der Waals surface area contributed by atoms with Gasteiger partial charge in [0.2, 0.25) is 17.8 Å². The lowest BCUT2D eigenvalue weighted by molar-refractivity contribution is -0.136. The van der Waals surface area contributed by atoms with Crippen molar-refractivity contribution in [2.24, 2.45) is 0 Å². The zero-order valence-electron chi connectivity index (χ0n) is 23.4. The summed E-state index contributed by atoms with van der Waals surface area (Å²) in [6, 6.07) is 25.1. The molecule has 0 aliphatic heterocycles. The molecule has 5 rings (SSSR count). The van der Waals surface area contributed by atoms with E-state index in [9.17, 15) is 14.7 Å². The molecule has 0 radical (unpaired) electrons. The number of aliphatic carboxylic acids is 1. The lowest BCUT2D eigenvalue weighted by Gasteiger charge is -2.23. The highest BCUT2D eigenvalue weighted by molar-refractivity contribution is 6.42. The predicted molar refractivity (Wildman–Crippen MR) is 172 cm³/mol. The van der Waals surface area contributed by atoms with Crippen molar-refractivity contribution in [2.75, 3.05) is 34.5 Å². The summed E-state index contributed by atoms with van der Waals surface area (Å²) < 4.78 is 5.32. The minimum absolute atomic E-state index is 0.0574. The van der Waals surface area contributed by atoms with Gasteiger partial charge in [0.1, 0.15) is 5.75 Å². The number of nitrogens with zero attached hydrogens (tertiary/aromatic N) is 4. The fourth-order valence-corrected chi connectivity index (χ4v) is 4.68. The van der Waals surface area contributed by atoms with Crippen molar-refractivity contribution in [3.63, 3.8) is 0 Å². The fraction of sp³-hybridized carbons (Fsp3) is 0.129. The molecule has 0 fully saturated rings. The molecule has 0 saturated heterocycles. The van der Waals surface area contributed by atoms with E-state index in [-0.39, 0.29) is 37.4 Å². The first-order valence-electron chi connectivity index (χ1n) is 13.4. The van der Waals surface area contributed by atoms with Crippen LogP contribution in [0.1, 0.15) is 12.0 Å². The maximum Gasteiger partial charge on any atom is 0.326 e. The summed E-state index contributed by atoms with van der Waals surface area (Å²) >= 11 is 12.3. The third-order valence-corrected chi connectivity index (χ3v) is 7.18. The van der Waals surface area contributed by atoms with Crippen LogP contribution in [0.25, 0.3) is 10.8 Å². The molecule has 0 bridgehead atoms. The minimum atomic E-state index is -0.998. The number of urea groups is 1. The number of methoxy groups -OCH3 is 1. The van der Waals surface area contributed by atoms with Gasteiger partial charge in [-0.15, -0.1) is 0 Å². The molecule has 1 aromatic heterocycles. The van der Waals surface area contributed by atoms with E-state index >= 15 is 0 Å². The highest BCUT2D eigenvalue weighted by Gasteiger charge is 2.18. The van der Waals surface area contributed by atoms with E-state index in [0.717, 1.165) is 16.3 Å². The molecule has 11 nitrogen and oxygen atoms in total. The van der Waals surface area contributed by atoms with Gasteiger partial charge in [-0.05, 0) is 52.7 Å². The Kier molecular flexibility index (Phi) is 9.58. The van der Waals surface area contributed by atoms with E-state index in [1.807, 2.05) is 42.5 Å². The number of rotatable bonds is 11. The monoisotopic (exact) mass is 631 g/mol. The molecule has 13 heteroatoms. The lowest BCUT2D eigenvalue weighted by atomic mass is 10.1. The van der Waals surface area contributed by atoms with Gasteiger partial charge in [-0.3, -0.25) is 10.1 Å². The SMILES string of the molecule is COc1ccccc1NC(=O)Nc1nc(Nc2ccc3ccccc3c2)nc(N(CCC(=O)O)Cc2ccc(Cl)c(Cl)c2)n1. The first-order valence-corrected chi connectivity index (χ1v) is 14.2. The van der Waals surface area contributed by atoms with Gasteiger partial charge in [0.15, 0.2) is 0 Å². The number of carboxylic acids is 1. The van der Waals surface area contributed by atoms with Crippen LogP contribution in [0, 0.1) is 0 Å². The molecule has 44 heavy (non-hydrogen) atoms. The molecular weight excluding hydrogens is 605 g/mol. The number of fused-ring (bicyclic) bond motifs is 1. The van der Waals surface area contributed by atoms with Gasteiger partial charge in [0.25, 0.3) is 0 Å². The smallest absolute Gasteiger partial charge is 0.326 e.